The van der Waals surface area contributed by atoms with Crippen LogP contribution in [0, 0.1) is 5.92 Å². The summed E-state index contributed by atoms with van der Waals surface area (Å²) in [6, 6.07) is -1.11. The predicted octanol–water partition coefficient (Wildman–Crippen LogP) is 1.76. The zero-order chi connectivity index (χ0) is 23.8. The molecular weight excluding hydrogens is 442 g/mol. The summed E-state index contributed by atoms with van der Waals surface area (Å²) in [5, 5.41) is 12.3. The van der Waals surface area contributed by atoms with E-state index in [1.165, 1.54) is 0 Å². The van der Waals surface area contributed by atoms with E-state index in [2.05, 4.69) is 27.1 Å². The summed E-state index contributed by atoms with van der Waals surface area (Å²) >= 11 is 1.57. The van der Waals surface area contributed by atoms with Crippen molar-refractivity contribution in [3.05, 3.63) is 18.2 Å². The van der Waals surface area contributed by atoms with Crippen molar-refractivity contribution in [2.24, 2.45) is 5.92 Å². The van der Waals surface area contributed by atoms with Gasteiger partial charge >= 0.3 is 5.97 Å². The smallest absolute Gasteiger partial charge is 0.326 e. The lowest BCUT2D eigenvalue weighted by atomic mass is 9.96. The average molecular weight is 480 g/mol. The molecule has 2 fully saturated rings. The predicted molar refractivity (Wildman–Crippen MR) is 128 cm³/mol. The van der Waals surface area contributed by atoms with Crippen LogP contribution in [-0.2, 0) is 20.8 Å². The third-order valence-electron chi connectivity index (χ3n) is 6.95. The largest absolute Gasteiger partial charge is 0.480 e. The Bertz CT molecular complexity index is 790. The van der Waals surface area contributed by atoms with Crippen LogP contribution in [0.3, 0.4) is 0 Å². The molecule has 0 bridgehead atoms. The minimum Gasteiger partial charge on any atom is -0.480 e. The van der Waals surface area contributed by atoms with E-state index in [0.29, 0.717) is 31.6 Å². The monoisotopic (exact) mass is 479 g/mol. The fraction of sp³-hybridized carbons (Fsp3) is 0.739. The number of rotatable bonds is 12. The Morgan fingerprint density at radius 3 is 2.82 bits per heavy atom. The number of aromatic nitrogens is 2. The number of likely N-dealkylation sites (tertiary alicyclic amines) is 2. The molecule has 2 saturated heterocycles. The Morgan fingerprint density at radius 1 is 1.33 bits per heavy atom. The van der Waals surface area contributed by atoms with E-state index in [9.17, 15) is 19.5 Å². The fourth-order valence-corrected chi connectivity index (χ4v) is 5.59. The second-order valence-electron chi connectivity index (χ2n) is 9.04. The van der Waals surface area contributed by atoms with Crippen molar-refractivity contribution in [1.29, 1.82) is 0 Å². The minimum atomic E-state index is -0.986. The van der Waals surface area contributed by atoms with Crippen molar-refractivity contribution in [2.75, 3.05) is 31.6 Å². The first-order valence-corrected chi connectivity index (χ1v) is 13.4. The van der Waals surface area contributed by atoms with Gasteiger partial charge in [0.25, 0.3) is 0 Å². The SMILES string of the molecule is CC[C@H]1CCN(CC2CCCN2C(=O)CCc2cnc[nH]2)[C@@H]1C(=O)N[C@@H](CCSC)C(=O)O. The molecule has 9 nitrogen and oxygen atoms in total. The van der Waals surface area contributed by atoms with Gasteiger partial charge in [0.05, 0.1) is 12.4 Å². The number of hydrogen-bond acceptors (Lipinski definition) is 6. The second kappa shape index (κ2) is 12.4. The van der Waals surface area contributed by atoms with Gasteiger partial charge in [-0.1, -0.05) is 13.3 Å². The Hall–Kier alpha value is -2.07. The number of nitrogens with one attached hydrogen (secondary N) is 2. The molecule has 0 saturated carbocycles. The molecule has 1 aromatic heterocycles. The molecule has 4 atom stereocenters. The zero-order valence-electron chi connectivity index (χ0n) is 19.7. The van der Waals surface area contributed by atoms with E-state index in [0.717, 1.165) is 44.5 Å². The first kappa shape index (κ1) is 25.6. The molecule has 0 radical (unpaired) electrons. The van der Waals surface area contributed by atoms with Crippen molar-refractivity contribution in [3.63, 3.8) is 0 Å². The van der Waals surface area contributed by atoms with Crippen molar-refractivity contribution in [3.8, 4) is 0 Å². The Kier molecular flexibility index (Phi) is 9.61. The molecule has 2 amide bonds. The van der Waals surface area contributed by atoms with Crippen LogP contribution in [0.1, 0.15) is 51.1 Å². The van der Waals surface area contributed by atoms with Crippen molar-refractivity contribution in [1.82, 2.24) is 25.1 Å². The van der Waals surface area contributed by atoms with Gasteiger partial charge in [-0.3, -0.25) is 14.5 Å². The molecule has 1 aromatic rings. The molecule has 3 heterocycles. The number of imidazole rings is 1. The first-order valence-electron chi connectivity index (χ1n) is 12.0. The van der Waals surface area contributed by atoms with E-state index < -0.39 is 12.0 Å². The maximum atomic E-state index is 13.2. The number of aryl methyl sites for hydroxylation is 1. The van der Waals surface area contributed by atoms with Gasteiger partial charge in [0.2, 0.25) is 11.8 Å². The van der Waals surface area contributed by atoms with Gasteiger partial charge in [-0.2, -0.15) is 11.8 Å². The summed E-state index contributed by atoms with van der Waals surface area (Å²) in [5.41, 5.74) is 0.954. The number of carboxylic acids is 1. The van der Waals surface area contributed by atoms with Gasteiger partial charge in [0.15, 0.2) is 0 Å². The summed E-state index contributed by atoms with van der Waals surface area (Å²) in [4.78, 5) is 49.0. The van der Waals surface area contributed by atoms with E-state index in [1.807, 2.05) is 11.2 Å². The lowest BCUT2D eigenvalue weighted by Gasteiger charge is -2.33. The van der Waals surface area contributed by atoms with Gasteiger partial charge in [0, 0.05) is 37.4 Å². The van der Waals surface area contributed by atoms with E-state index in [4.69, 9.17) is 0 Å². The van der Waals surface area contributed by atoms with Crippen molar-refractivity contribution in [2.45, 2.75) is 70.0 Å². The van der Waals surface area contributed by atoms with Gasteiger partial charge in [-0.05, 0) is 56.6 Å². The number of nitrogens with zero attached hydrogens (tertiary/aromatic N) is 3. The number of H-pyrrole nitrogens is 1. The molecule has 0 aromatic carbocycles. The molecule has 1 unspecified atom stereocenters. The van der Waals surface area contributed by atoms with Crippen LogP contribution in [-0.4, -0.2) is 92.4 Å². The minimum absolute atomic E-state index is 0.0944. The average Bonchev–Trinajstić information content (AvgIpc) is 3.55. The normalized spacial score (nSPS) is 24.2. The number of aliphatic carboxylic acids is 1. The molecule has 0 spiro atoms. The van der Waals surface area contributed by atoms with E-state index in [1.54, 1.807) is 24.3 Å². The van der Waals surface area contributed by atoms with Gasteiger partial charge in [-0.15, -0.1) is 0 Å². The molecule has 10 heteroatoms. The van der Waals surface area contributed by atoms with Gasteiger partial charge in [0.1, 0.15) is 6.04 Å². The lowest BCUT2D eigenvalue weighted by Crippen LogP contribution is -2.54. The summed E-state index contributed by atoms with van der Waals surface area (Å²) in [6.07, 6.45) is 10.5. The number of carbonyl (C=O) groups is 3. The first-order chi connectivity index (χ1) is 15.9. The van der Waals surface area contributed by atoms with Crippen LogP contribution in [0.25, 0.3) is 0 Å². The molecule has 184 valence electrons. The number of thioether (sulfide) groups is 1. The fourth-order valence-electron chi connectivity index (χ4n) is 5.12. The molecule has 3 N–H and O–H groups in total. The van der Waals surface area contributed by atoms with Crippen LogP contribution < -0.4 is 5.32 Å². The van der Waals surface area contributed by atoms with Crippen LogP contribution in [0.4, 0.5) is 0 Å². The topological polar surface area (TPSA) is 119 Å². The highest BCUT2D eigenvalue weighted by Crippen LogP contribution is 2.30. The lowest BCUT2D eigenvalue weighted by molar-refractivity contribution is -0.143. The van der Waals surface area contributed by atoms with Gasteiger partial charge < -0.3 is 20.3 Å². The van der Waals surface area contributed by atoms with Crippen molar-refractivity contribution >= 4 is 29.5 Å². The van der Waals surface area contributed by atoms with Gasteiger partial charge in [-0.25, -0.2) is 9.78 Å². The quantitative estimate of drug-likeness (QED) is 0.418. The molecule has 0 aliphatic carbocycles. The van der Waals surface area contributed by atoms with Crippen molar-refractivity contribution < 1.29 is 19.5 Å². The van der Waals surface area contributed by atoms with Crippen LogP contribution >= 0.6 is 11.8 Å². The maximum absolute atomic E-state index is 13.2. The maximum Gasteiger partial charge on any atom is 0.326 e. The summed E-state index contributed by atoms with van der Waals surface area (Å²) < 4.78 is 0. The number of aromatic amines is 1. The molecular formula is C23H37N5O4S. The Morgan fingerprint density at radius 2 is 2.15 bits per heavy atom. The molecule has 2 aliphatic heterocycles. The highest BCUT2D eigenvalue weighted by molar-refractivity contribution is 7.98. The second-order valence-corrected chi connectivity index (χ2v) is 10.0. The highest BCUT2D eigenvalue weighted by atomic mass is 32.2. The third kappa shape index (κ3) is 6.72. The number of carboxylic acid groups (broad SMARTS) is 1. The third-order valence-corrected chi connectivity index (χ3v) is 7.60. The summed E-state index contributed by atoms with van der Waals surface area (Å²) in [5.74, 6) is -0.156. The number of hydrogen-bond donors (Lipinski definition) is 3. The number of carbonyl (C=O) groups excluding carboxylic acids is 2. The van der Waals surface area contributed by atoms with Crippen LogP contribution in [0.15, 0.2) is 12.5 Å². The zero-order valence-corrected chi connectivity index (χ0v) is 20.5. The number of amides is 2. The van der Waals surface area contributed by atoms with E-state index in [-0.39, 0.29) is 29.8 Å². The Labute approximate surface area is 200 Å². The highest BCUT2D eigenvalue weighted by Gasteiger charge is 2.41. The van der Waals surface area contributed by atoms with Crippen LogP contribution in [0.5, 0.6) is 0 Å². The summed E-state index contributed by atoms with van der Waals surface area (Å²) in [6.45, 7) is 4.29. The molecule has 33 heavy (non-hydrogen) atoms. The van der Waals surface area contributed by atoms with E-state index >= 15 is 0 Å². The molecule has 2 aliphatic rings. The van der Waals surface area contributed by atoms with Crippen LogP contribution in [0.2, 0.25) is 0 Å². The Balaban J connectivity index is 1.62. The standard InChI is InChI=1S/C23H37N5O4S/c1-3-16-8-11-27(21(16)22(30)26-19(23(31)32)9-12-33-2)14-18-5-4-10-28(18)20(29)7-6-17-13-24-15-25-17/h13,15-16,18-19,21H,3-12,14H2,1-2H3,(H,24,25)(H,26,30)(H,31,32)/t16-,18?,19-,21-/m0/s1. The summed E-state index contributed by atoms with van der Waals surface area (Å²) in [7, 11) is 0. The molecule has 3 rings (SSSR count).